The molecule has 148 valence electrons. The zero-order valence-electron chi connectivity index (χ0n) is 16.3. The first kappa shape index (κ1) is 21.4. The van der Waals surface area contributed by atoms with Gasteiger partial charge in [-0.1, -0.05) is 60.7 Å². The van der Waals surface area contributed by atoms with Crippen LogP contribution in [0.2, 0.25) is 0 Å². The highest BCUT2D eigenvalue weighted by molar-refractivity contribution is 5.67. The van der Waals surface area contributed by atoms with Gasteiger partial charge in [0, 0.05) is 14.2 Å². The summed E-state index contributed by atoms with van der Waals surface area (Å²) in [6.45, 7) is 0.231. The Bertz CT molecular complexity index is 746. The number of amides is 1. The average Bonchev–Trinajstić information content (AvgIpc) is 2.74. The minimum absolute atomic E-state index is 0.0462. The van der Waals surface area contributed by atoms with Crippen molar-refractivity contribution in [1.29, 1.82) is 5.26 Å². The van der Waals surface area contributed by atoms with Crippen molar-refractivity contribution in [2.75, 3.05) is 21.0 Å². The van der Waals surface area contributed by atoms with Crippen molar-refractivity contribution in [3.05, 3.63) is 71.8 Å². The molecule has 28 heavy (non-hydrogen) atoms. The first-order valence-electron chi connectivity index (χ1n) is 9.10. The lowest BCUT2D eigenvalue weighted by molar-refractivity contribution is -0.0934. The van der Waals surface area contributed by atoms with Crippen LogP contribution >= 0.6 is 0 Å². The summed E-state index contributed by atoms with van der Waals surface area (Å²) < 4.78 is 16.2. The molecule has 0 bridgehead atoms. The van der Waals surface area contributed by atoms with Crippen LogP contribution in [0, 0.1) is 11.3 Å². The first-order valence-corrected chi connectivity index (χ1v) is 9.10. The number of hydrogen-bond acceptors (Lipinski definition) is 5. The number of likely N-dealkylation sites (N-methyl/N-ethyl adjacent to an activating group) is 1. The van der Waals surface area contributed by atoms with E-state index in [1.807, 2.05) is 60.7 Å². The normalized spacial score (nSPS) is 12.6. The summed E-state index contributed by atoms with van der Waals surface area (Å²) in [7, 11) is 3.19. The number of rotatable bonds is 10. The molecule has 0 unspecified atom stereocenters. The number of hydrogen-bond donors (Lipinski definition) is 0. The summed E-state index contributed by atoms with van der Waals surface area (Å²) in [5, 5.41) is 9.22. The molecule has 6 nitrogen and oxygen atoms in total. The third kappa shape index (κ3) is 6.69. The van der Waals surface area contributed by atoms with E-state index in [0.717, 1.165) is 11.1 Å². The van der Waals surface area contributed by atoms with Gasteiger partial charge in [0.25, 0.3) is 0 Å². The molecule has 0 radical (unpaired) electrons. The van der Waals surface area contributed by atoms with Crippen LogP contribution in [-0.4, -0.2) is 44.1 Å². The van der Waals surface area contributed by atoms with Crippen molar-refractivity contribution >= 4 is 6.09 Å². The van der Waals surface area contributed by atoms with Gasteiger partial charge in [0.15, 0.2) is 0 Å². The van der Waals surface area contributed by atoms with Gasteiger partial charge >= 0.3 is 6.09 Å². The summed E-state index contributed by atoms with van der Waals surface area (Å²) in [6.07, 6.45) is -0.293. The Morgan fingerprint density at radius 2 is 1.68 bits per heavy atom. The van der Waals surface area contributed by atoms with E-state index in [4.69, 9.17) is 14.2 Å². The lowest BCUT2D eigenvalue weighted by atomic mass is 9.98. The molecule has 2 rings (SSSR count). The predicted molar refractivity (Wildman–Crippen MR) is 105 cm³/mol. The molecular weight excluding hydrogens is 356 g/mol. The summed E-state index contributed by atoms with van der Waals surface area (Å²) in [4.78, 5) is 14.2. The van der Waals surface area contributed by atoms with Crippen LogP contribution in [0.15, 0.2) is 60.7 Å². The van der Waals surface area contributed by atoms with Crippen LogP contribution in [0.5, 0.6) is 0 Å². The van der Waals surface area contributed by atoms with E-state index in [1.165, 1.54) is 12.0 Å². The second-order valence-corrected chi connectivity index (χ2v) is 6.38. The molecule has 0 aliphatic rings. The summed E-state index contributed by atoms with van der Waals surface area (Å²) in [6, 6.07) is 21.0. The molecular formula is C22H26N2O4. The maximum absolute atomic E-state index is 12.7. The van der Waals surface area contributed by atoms with E-state index in [1.54, 1.807) is 7.05 Å². The van der Waals surface area contributed by atoms with E-state index in [9.17, 15) is 10.1 Å². The maximum atomic E-state index is 12.7. The molecule has 0 heterocycles. The number of carbonyl (C=O) groups is 1. The zero-order valence-corrected chi connectivity index (χ0v) is 16.3. The lowest BCUT2D eigenvalue weighted by Crippen LogP contribution is -2.47. The van der Waals surface area contributed by atoms with E-state index in [-0.39, 0.29) is 25.9 Å². The molecule has 6 heteroatoms. The topological polar surface area (TPSA) is 71.8 Å². The minimum Gasteiger partial charge on any atom is -0.445 e. The number of benzene rings is 2. The Labute approximate surface area is 166 Å². The number of methoxy groups -OCH3 is 1. The molecule has 1 amide bonds. The molecule has 0 saturated heterocycles. The van der Waals surface area contributed by atoms with Gasteiger partial charge in [-0.25, -0.2) is 4.79 Å². The van der Waals surface area contributed by atoms with Crippen molar-refractivity contribution in [1.82, 2.24) is 4.90 Å². The van der Waals surface area contributed by atoms with Gasteiger partial charge in [0.2, 0.25) is 0 Å². The van der Waals surface area contributed by atoms with E-state index >= 15 is 0 Å². The Hall–Kier alpha value is -2.88. The highest BCUT2D eigenvalue weighted by Crippen LogP contribution is 2.18. The molecule has 0 N–H and O–H groups in total. The zero-order chi connectivity index (χ0) is 20.2. The van der Waals surface area contributed by atoms with Gasteiger partial charge in [-0.3, -0.25) is 0 Å². The highest BCUT2D eigenvalue weighted by Gasteiger charge is 2.30. The van der Waals surface area contributed by atoms with Crippen LogP contribution in [0.4, 0.5) is 4.79 Å². The summed E-state index contributed by atoms with van der Waals surface area (Å²) >= 11 is 0. The second kappa shape index (κ2) is 11.8. The molecule has 0 aliphatic carbocycles. The van der Waals surface area contributed by atoms with E-state index in [2.05, 4.69) is 6.07 Å². The van der Waals surface area contributed by atoms with E-state index in [0.29, 0.717) is 6.42 Å². The van der Waals surface area contributed by atoms with Crippen molar-refractivity contribution in [3.63, 3.8) is 0 Å². The van der Waals surface area contributed by atoms with Gasteiger partial charge in [-0.2, -0.15) is 5.26 Å². The van der Waals surface area contributed by atoms with Crippen molar-refractivity contribution < 1.29 is 19.0 Å². The van der Waals surface area contributed by atoms with Gasteiger partial charge in [0.05, 0.1) is 24.6 Å². The fourth-order valence-electron chi connectivity index (χ4n) is 2.88. The predicted octanol–water partition coefficient (Wildman–Crippen LogP) is 3.77. The van der Waals surface area contributed by atoms with Crippen LogP contribution in [0.3, 0.4) is 0 Å². The molecule has 0 spiro atoms. The smallest absolute Gasteiger partial charge is 0.410 e. The second-order valence-electron chi connectivity index (χ2n) is 6.38. The summed E-state index contributed by atoms with van der Waals surface area (Å²) in [5.41, 5.74) is 1.95. The van der Waals surface area contributed by atoms with E-state index < -0.39 is 12.2 Å². The van der Waals surface area contributed by atoms with Crippen molar-refractivity contribution in [2.45, 2.75) is 31.6 Å². The molecule has 2 atom stereocenters. The number of ether oxygens (including phenoxy) is 3. The largest absolute Gasteiger partial charge is 0.445 e. The highest BCUT2D eigenvalue weighted by atomic mass is 16.7. The molecule has 2 aromatic carbocycles. The Balaban J connectivity index is 2.12. The third-order valence-electron chi connectivity index (χ3n) is 4.40. The Morgan fingerprint density at radius 1 is 1.07 bits per heavy atom. The van der Waals surface area contributed by atoms with Crippen molar-refractivity contribution in [3.8, 4) is 6.07 Å². The monoisotopic (exact) mass is 382 g/mol. The number of carbonyl (C=O) groups excluding carboxylic acids is 1. The molecule has 0 saturated carbocycles. The van der Waals surface area contributed by atoms with Gasteiger partial charge in [0.1, 0.15) is 13.4 Å². The molecule has 0 aliphatic heterocycles. The van der Waals surface area contributed by atoms with Crippen LogP contribution in [0.1, 0.15) is 17.5 Å². The molecule has 2 aromatic rings. The lowest BCUT2D eigenvalue weighted by Gasteiger charge is -2.33. The van der Waals surface area contributed by atoms with Gasteiger partial charge in [-0.05, 0) is 17.5 Å². The average molecular weight is 382 g/mol. The quantitative estimate of drug-likeness (QED) is 0.585. The van der Waals surface area contributed by atoms with Crippen LogP contribution < -0.4 is 0 Å². The molecule has 0 aromatic heterocycles. The van der Waals surface area contributed by atoms with Crippen molar-refractivity contribution in [2.24, 2.45) is 0 Å². The third-order valence-corrected chi connectivity index (χ3v) is 4.40. The standard InChI is InChI=1S/C22H26N2O4/c1-24(22(25)27-16-19-11-7-4-8-12-19)20(15-18-9-5-3-6-10-18)21(13-14-23)28-17-26-2/h3-12,20-21H,13,15-17H2,1-2H3/t20-,21+/m0/s1. The van der Waals surface area contributed by atoms with Gasteiger partial charge in [-0.15, -0.1) is 0 Å². The minimum atomic E-state index is -0.501. The SMILES string of the molecule is COCO[C@H](CC#N)[C@H](Cc1ccccc1)N(C)C(=O)OCc1ccccc1. The fraction of sp³-hybridized carbons (Fsp3) is 0.364. The number of nitriles is 1. The number of nitrogens with zero attached hydrogens (tertiary/aromatic N) is 2. The fourth-order valence-corrected chi connectivity index (χ4v) is 2.88. The Morgan fingerprint density at radius 3 is 2.25 bits per heavy atom. The van der Waals surface area contributed by atoms with Gasteiger partial charge < -0.3 is 19.1 Å². The Kier molecular flexibility index (Phi) is 8.99. The molecule has 0 fully saturated rings. The summed E-state index contributed by atoms with van der Waals surface area (Å²) in [5.74, 6) is 0. The van der Waals surface area contributed by atoms with Crippen LogP contribution in [-0.2, 0) is 27.2 Å². The maximum Gasteiger partial charge on any atom is 0.410 e. The van der Waals surface area contributed by atoms with Crippen LogP contribution in [0.25, 0.3) is 0 Å². The first-order chi connectivity index (χ1) is 13.7.